The molecule has 0 unspecified atom stereocenters. The molecule has 0 aliphatic heterocycles. The molecule has 0 radical (unpaired) electrons. The van der Waals surface area contributed by atoms with Crippen LogP contribution in [0.25, 0.3) is 0 Å². The molecule has 4 nitrogen and oxygen atoms in total. The minimum Gasteiger partial charge on any atom is -0.382 e. The summed E-state index contributed by atoms with van der Waals surface area (Å²) in [5, 5.41) is 6.85. The van der Waals surface area contributed by atoms with E-state index in [2.05, 4.69) is 34.2 Å². The molecule has 1 aromatic carbocycles. The van der Waals surface area contributed by atoms with Gasteiger partial charge < -0.3 is 10.6 Å². The SMILES string of the molecule is CCN(Cc1cc(N)n[nH]1)c1ccccc1. The minimum atomic E-state index is 0.541. The number of anilines is 2. The summed E-state index contributed by atoms with van der Waals surface area (Å²) in [6.45, 7) is 3.88. The average molecular weight is 216 g/mol. The summed E-state index contributed by atoms with van der Waals surface area (Å²) in [5.74, 6) is 0.541. The number of nitrogens with one attached hydrogen (secondary N) is 1. The van der Waals surface area contributed by atoms with Gasteiger partial charge in [-0.3, -0.25) is 5.10 Å². The molecule has 2 rings (SSSR count). The second-order valence-electron chi connectivity index (χ2n) is 3.67. The van der Waals surface area contributed by atoms with Crippen molar-refractivity contribution in [1.82, 2.24) is 10.2 Å². The van der Waals surface area contributed by atoms with Gasteiger partial charge in [-0.05, 0) is 19.1 Å². The first-order valence-corrected chi connectivity index (χ1v) is 5.39. The fraction of sp³-hybridized carbons (Fsp3) is 0.250. The van der Waals surface area contributed by atoms with Crippen LogP contribution in [-0.4, -0.2) is 16.7 Å². The lowest BCUT2D eigenvalue weighted by Crippen LogP contribution is -2.22. The van der Waals surface area contributed by atoms with Gasteiger partial charge >= 0.3 is 0 Å². The van der Waals surface area contributed by atoms with Crippen LogP contribution in [-0.2, 0) is 6.54 Å². The lowest BCUT2D eigenvalue weighted by atomic mass is 10.2. The van der Waals surface area contributed by atoms with E-state index in [9.17, 15) is 0 Å². The smallest absolute Gasteiger partial charge is 0.145 e. The second-order valence-corrected chi connectivity index (χ2v) is 3.67. The van der Waals surface area contributed by atoms with Crippen LogP contribution in [0.3, 0.4) is 0 Å². The van der Waals surface area contributed by atoms with Gasteiger partial charge in [-0.25, -0.2) is 0 Å². The van der Waals surface area contributed by atoms with Crippen molar-refractivity contribution in [2.24, 2.45) is 0 Å². The fourth-order valence-electron chi connectivity index (χ4n) is 1.69. The van der Waals surface area contributed by atoms with Crippen LogP contribution in [0, 0.1) is 0 Å². The van der Waals surface area contributed by atoms with Crippen LogP contribution in [0.5, 0.6) is 0 Å². The first-order valence-electron chi connectivity index (χ1n) is 5.39. The number of benzene rings is 1. The molecule has 0 saturated carbocycles. The van der Waals surface area contributed by atoms with Gasteiger partial charge in [-0.1, -0.05) is 18.2 Å². The summed E-state index contributed by atoms with van der Waals surface area (Å²) < 4.78 is 0. The highest BCUT2D eigenvalue weighted by Gasteiger charge is 2.06. The van der Waals surface area contributed by atoms with Gasteiger partial charge in [0.15, 0.2) is 0 Å². The van der Waals surface area contributed by atoms with Crippen molar-refractivity contribution in [3.8, 4) is 0 Å². The van der Waals surface area contributed by atoms with Gasteiger partial charge in [-0.2, -0.15) is 5.10 Å². The fourth-order valence-corrected chi connectivity index (χ4v) is 1.69. The van der Waals surface area contributed by atoms with E-state index in [-0.39, 0.29) is 0 Å². The third-order valence-electron chi connectivity index (χ3n) is 2.51. The monoisotopic (exact) mass is 216 g/mol. The standard InChI is InChI=1S/C12H16N4/c1-2-16(11-6-4-3-5-7-11)9-10-8-12(13)15-14-10/h3-8H,2,9H2,1H3,(H3,13,14,15). The Morgan fingerprint density at radius 2 is 2.06 bits per heavy atom. The van der Waals surface area contributed by atoms with Crippen molar-refractivity contribution in [1.29, 1.82) is 0 Å². The van der Waals surface area contributed by atoms with Crippen molar-refractivity contribution in [3.05, 3.63) is 42.1 Å². The molecule has 0 bridgehead atoms. The highest BCUT2D eigenvalue weighted by Crippen LogP contribution is 2.15. The number of nitrogen functional groups attached to an aromatic ring is 1. The van der Waals surface area contributed by atoms with Crippen molar-refractivity contribution < 1.29 is 0 Å². The van der Waals surface area contributed by atoms with Crippen molar-refractivity contribution >= 4 is 11.5 Å². The number of aromatic amines is 1. The molecule has 16 heavy (non-hydrogen) atoms. The lowest BCUT2D eigenvalue weighted by Gasteiger charge is -2.22. The van der Waals surface area contributed by atoms with E-state index in [4.69, 9.17) is 5.73 Å². The molecule has 1 heterocycles. The Labute approximate surface area is 95.1 Å². The molecule has 2 aromatic rings. The average Bonchev–Trinajstić information content (AvgIpc) is 2.73. The number of nitrogens with two attached hydrogens (primary N) is 1. The maximum absolute atomic E-state index is 5.57. The number of hydrogen-bond acceptors (Lipinski definition) is 3. The van der Waals surface area contributed by atoms with Gasteiger partial charge in [0.25, 0.3) is 0 Å². The first kappa shape index (κ1) is 10.5. The summed E-state index contributed by atoms with van der Waals surface area (Å²) in [4.78, 5) is 2.26. The highest BCUT2D eigenvalue weighted by molar-refractivity contribution is 5.46. The largest absolute Gasteiger partial charge is 0.382 e. The molecule has 3 N–H and O–H groups in total. The van der Waals surface area contributed by atoms with E-state index in [0.717, 1.165) is 18.8 Å². The second kappa shape index (κ2) is 4.70. The molecule has 0 saturated heterocycles. The van der Waals surface area contributed by atoms with Crippen molar-refractivity contribution in [3.63, 3.8) is 0 Å². The summed E-state index contributed by atoms with van der Waals surface area (Å²) in [7, 11) is 0. The third-order valence-corrected chi connectivity index (χ3v) is 2.51. The molecule has 0 amide bonds. The molecule has 0 spiro atoms. The Hall–Kier alpha value is -1.97. The summed E-state index contributed by atoms with van der Waals surface area (Å²) in [5.41, 5.74) is 7.81. The number of H-pyrrole nitrogens is 1. The van der Waals surface area contributed by atoms with E-state index in [1.165, 1.54) is 5.69 Å². The zero-order chi connectivity index (χ0) is 11.4. The van der Waals surface area contributed by atoms with Crippen LogP contribution in [0.4, 0.5) is 11.5 Å². The van der Waals surface area contributed by atoms with Crippen molar-refractivity contribution in [2.45, 2.75) is 13.5 Å². The Morgan fingerprint density at radius 1 is 1.31 bits per heavy atom. The van der Waals surface area contributed by atoms with Gasteiger partial charge in [0, 0.05) is 18.3 Å². The topological polar surface area (TPSA) is 57.9 Å². The van der Waals surface area contributed by atoms with Crippen LogP contribution in [0.2, 0.25) is 0 Å². The Kier molecular flexibility index (Phi) is 3.10. The molecule has 0 fully saturated rings. The molecular weight excluding hydrogens is 200 g/mol. The van der Waals surface area contributed by atoms with Crippen LogP contribution >= 0.6 is 0 Å². The van der Waals surface area contributed by atoms with Crippen molar-refractivity contribution in [2.75, 3.05) is 17.2 Å². The number of nitrogens with zero attached hydrogens (tertiary/aromatic N) is 2. The van der Waals surface area contributed by atoms with Gasteiger partial charge in [0.2, 0.25) is 0 Å². The molecule has 0 atom stereocenters. The Bertz CT molecular complexity index is 435. The summed E-state index contributed by atoms with van der Waals surface area (Å²) in [6, 6.07) is 12.2. The minimum absolute atomic E-state index is 0.541. The zero-order valence-electron chi connectivity index (χ0n) is 9.35. The van der Waals surface area contributed by atoms with E-state index in [1.807, 2.05) is 24.3 Å². The number of rotatable bonds is 4. The normalized spacial score (nSPS) is 10.3. The molecule has 1 aromatic heterocycles. The Balaban J connectivity index is 2.12. The van der Waals surface area contributed by atoms with Gasteiger partial charge in [0.05, 0.1) is 12.2 Å². The van der Waals surface area contributed by atoms with E-state index in [1.54, 1.807) is 0 Å². The highest BCUT2D eigenvalue weighted by atomic mass is 15.2. The first-order chi connectivity index (χ1) is 7.79. The quantitative estimate of drug-likeness (QED) is 0.822. The molecule has 0 aliphatic carbocycles. The summed E-state index contributed by atoms with van der Waals surface area (Å²) >= 11 is 0. The molecule has 4 heteroatoms. The predicted molar refractivity (Wildman–Crippen MR) is 66.2 cm³/mol. The van der Waals surface area contributed by atoms with Crippen LogP contribution < -0.4 is 10.6 Å². The zero-order valence-corrected chi connectivity index (χ0v) is 9.35. The third kappa shape index (κ3) is 2.34. The maximum Gasteiger partial charge on any atom is 0.145 e. The molecular formula is C12H16N4. The van der Waals surface area contributed by atoms with E-state index < -0.39 is 0 Å². The van der Waals surface area contributed by atoms with E-state index >= 15 is 0 Å². The van der Waals surface area contributed by atoms with Gasteiger partial charge in [-0.15, -0.1) is 0 Å². The van der Waals surface area contributed by atoms with Crippen LogP contribution in [0.15, 0.2) is 36.4 Å². The molecule has 0 aliphatic rings. The Morgan fingerprint density at radius 3 is 2.62 bits per heavy atom. The van der Waals surface area contributed by atoms with Crippen LogP contribution in [0.1, 0.15) is 12.6 Å². The molecule has 84 valence electrons. The van der Waals surface area contributed by atoms with E-state index in [0.29, 0.717) is 5.82 Å². The number of hydrogen-bond donors (Lipinski definition) is 2. The number of aromatic nitrogens is 2. The van der Waals surface area contributed by atoms with Gasteiger partial charge in [0.1, 0.15) is 5.82 Å². The summed E-state index contributed by atoms with van der Waals surface area (Å²) in [6.07, 6.45) is 0. The lowest BCUT2D eigenvalue weighted by molar-refractivity contribution is 0.803. The predicted octanol–water partition coefficient (Wildman–Crippen LogP) is 2.02. The maximum atomic E-state index is 5.57. The number of para-hydroxylation sites is 1.